The van der Waals surface area contributed by atoms with Crippen LogP contribution in [0.2, 0.25) is 0 Å². The molecule has 1 N–H and O–H groups in total. The molecule has 0 saturated carbocycles. The highest BCUT2D eigenvalue weighted by Crippen LogP contribution is 2.09. The smallest absolute Gasteiger partial charge is 0.0692 e. The van der Waals surface area contributed by atoms with Crippen molar-refractivity contribution < 1.29 is 0 Å². The lowest BCUT2D eigenvalue weighted by Crippen LogP contribution is -2.29. The summed E-state index contributed by atoms with van der Waals surface area (Å²) in [5.41, 5.74) is 0.350. The van der Waals surface area contributed by atoms with Crippen molar-refractivity contribution in [1.82, 2.24) is 20.3 Å². The molecule has 1 heterocycles. The lowest BCUT2D eigenvalue weighted by Gasteiger charge is -2.18. The van der Waals surface area contributed by atoms with Gasteiger partial charge in [0.05, 0.1) is 12.7 Å². The molecule has 0 aromatic carbocycles. The molecule has 0 aliphatic heterocycles. The fraction of sp³-hybridized carbons (Fsp3) is 0.778. The topological polar surface area (TPSA) is 42.7 Å². The molecule has 0 fully saturated rings. The van der Waals surface area contributed by atoms with Gasteiger partial charge < -0.3 is 5.32 Å². The summed E-state index contributed by atoms with van der Waals surface area (Å²) in [6.07, 6.45) is 3.57. The minimum Gasteiger partial charge on any atom is -0.314 e. The number of rotatable bonds is 4. The summed E-state index contributed by atoms with van der Waals surface area (Å²) in [4.78, 5) is 0. The number of nitrogens with one attached hydrogen (secondary N) is 1. The van der Waals surface area contributed by atoms with Gasteiger partial charge in [0.1, 0.15) is 0 Å². The van der Waals surface area contributed by atoms with E-state index in [1.54, 1.807) is 6.20 Å². The van der Waals surface area contributed by atoms with Crippen LogP contribution in [0.3, 0.4) is 0 Å². The van der Waals surface area contributed by atoms with Gasteiger partial charge >= 0.3 is 0 Å². The molecule has 4 nitrogen and oxygen atoms in total. The largest absolute Gasteiger partial charge is 0.314 e. The molecule has 0 bridgehead atoms. The maximum absolute atomic E-state index is 3.88. The number of hydrogen-bond acceptors (Lipinski definition) is 3. The van der Waals surface area contributed by atoms with E-state index < -0.39 is 0 Å². The predicted molar refractivity (Wildman–Crippen MR) is 52.3 cm³/mol. The van der Waals surface area contributed by atoms with Crippen LogP contribution in [0.25, 0.3) is 0 Å². The highest BCUT2D eigenvalue weighted by Gasteiger charge is 2.08. The third-order valence-electron chi connectivity index (χ3n) is 1.64. The Morgan fingerprint density at radius 1 is 1.38 bits per heavy atom. The first-order chi connectivity index (χ1) is 6.08. The SMILES string of the molecule is CC(C)(C)CNCCn1ccnn1. The van der Waals surface area contributed by atoms with Crippen LogP contribution < -0.4 is 5.32 Å². The summed E-state index contributed by atoms with van der Waals surface area (Å²) < 4.78 is 1.83. The van der Waals surface area contributed by atoms with Crippen molar-refractivity contribution in [2.75, 3.05) is 13.1 Å². The maximum Gasteiger partial charge on any atom is 0.0692 e. The van der Waals surface area contributed by atoms with Crippen molar-refractivity contribution in [3.8, 4) is 0 Å². The van der Waals surface area contributed by atoms with Crippen molar-refractivity contribution in [3.63, 3.8) is 0 Å². The Morgan fingerprint density at radius 2 is 2.15 bits per heavy atom. The van der Waals surface area contributed by atoms with Gasteiger partial charge in [-0.3, -0.25) is 4.68 Å². The molecule has 0 atom stereocenters. The Balaban J connectivity index is 2.09. The first-order valence-electron chi connectivity index (χ1n) is 4.63. The molecule has 4 heteroatoms. The number of nitrogens with zero attached hydrogens (tertiary/aromatic N) is 3. The molecule has 1 aromatic heterocycles. The molecule has 0 spiro atoms. The number of hydrogen-bond donors (Lipinski definition) is 1. The van der Waals surface area contributed by atoms with E-state index in [1.165, 1.54) is 0 Å². The molecule has 0 radical (unpaired) electrons. The first kappa shape index (κ1) is 10.2. The van der Waals surface area contributed by atoms with Gasteiger partial charge in [-0.05, 0) is 5.41 Å². The summed E-state index contributed by atoms with van der Waals surface area (Å²) in [5.74, 6) is 0. The van der Waals surface area contributed by atoms with E-state index in [4.69, 9.17) is 0 Å². The zero-order valence-corrected chi connectivity index (χ0v) is 8.62. The minimum absolute atomic E-state index is 0.350. The van der Waals surface area contributed by atoms with Gasteiger partial charge in [0.2, 0.25) is 0 Å². The van der Waals surface area contributed by atoms with E-state index >= 15 is 0 Å². The average molecular weight is 182 g/mol. The van der Waals surface area contributed by atoms with Gasteiger partial charge in [-0.25, -0.2) is 0 Å². The summed E-state index contributed by atoms with van der Waals surface area (Å²) >= 11 is 0. The van der Waals surface area contributed by atoms with Gasteiger partial charge in [0.15, 0.2) is 0 Å². The fourth-order valence-electron chi connectivity index (χ4n) is 1.01. The van der Waals surface area contributed by atoms with Gasteiger partial charge in [0.25, 0.3) is 0 Å². The van der Waals surface area contributed by atoms with E-state index in [0.29, 0.717) is 5.41 Å². The molecule has 0 saturated heterocycles. The second-order valence-corrected chi connectivity index (χ2v) is 4.40. The fourth-order valence-corrected chi connectivity index (χ4v) is 1.01. The van der Waals surface area contributed by atoms with Crippen LogP contribution in [0.5, 0.6) is 0 Å². The quantitative estimate of drug-likeness (QED) is 0.704. The number of aromatic nitrogens is 3. The Kier molecular flexibility index (Phi) is 3.42. The van der Waals surface area contributed by atoms with Crippen LogP contribution in [0.4, 0.5) is 0 Å². The molecule has 0 amide bonds. The van der Waals surface area contributed by atoms with Gasteiger partial charge in [-0.2, -0.15) is 0 Å². The lowest BCUT2D eigenvalue weighted by molar-refractivity contribution is 0.372. The van der Waals surface area contributed by atoms with Crippen molar-refractivity contribution in [1.29, 1.82) is 0 Å². The standard InChI is InChI=1S/C9H18N4/c1-9(2,3)8-10-4-6-13-7-5-11-12-13/h5,7,10H,4,6,8H2,1-3H3. The van der Waals surface area contributed by atoms with Crippen molar-refractivity contribution in [2.24, 2.45) is 5.41 Å². The molecular weight excluding hydrogens is 164 g/mol. The lowest BCUT2D eigenvalue weighted by atomic mass is 9.97. The molecule has 1 aromatic rings. The third-order valence-corrected chi connectivity index (χ3v) is 1.64. The maximum atomic E-state index is 3.88. The molecule has 13 heavy (non-hydrogen) atoms. The van der Waals surface area contributed by atoms with E-state index in [9.17, 15) is 0 Å². The second-order valence-electron chi connectivity index (χ2n) is 4.40. The Hall–Kier alpha value is -0.900. The van der Waals surface area contributed by atoms with Crippen molar-refractivity contribution in [2.45, 2.75) is 27.3 Å². The molecule has 0 aliphatic carbocycles. The molecule has 74 valence electrons. The van der Waals surface area contributed by atoms with Crippen LogP contribution in [0.15, 0.2) is 12.4 Å². The highest BCUT2D eigenvalue weighted by molar-refractivity contribution is 4.67. The first-order valence-corrected chi connectivity index (χ1v) is 4.63. The third kappa shape index (κ3) is 4.62. The van der Waals surface area contributed by atoms with E-state index in [-0.39, 0.29) is 0 Å². The summed E-state index contributed by atoms with van der Waals surface area (Å²) in [6.45, 7) is 9.51. The molecule has 0 unspecified atom stereocenters. The Labute approximate surface area is 79.3 Å². The minimum atomic E-state index is 0.350. The monoisotopic (exact) mass is 182 g/mol. The average Bonchev–Trinajstić information content (AvgIpc) is 2.48. The molecule has 1 rings (SSSR count). The van der Waals surface area contributed by atoms with Crippen LogP contribution in [0, 0.1) is 5.41 Å². The van der Waals surface area contributed by atoms with Gasteiger partial charge in [-0.1, -0.05) is 26.0 Å². The zero-order valence-electron chi connectivity index (χ0n) is 8.62. The Morgan fingerprint density at radius 3 is 2.69 bits per heavy atom. The zero-order chi connectivity index (χ0) is 9.73. The molecular formula is C9H18N4. The van der Waals surface area contributed by atoms with E-state index in [1.807, 2.05) is 10.9 Å². The van der Waals surface area contributed by atoms with Crippen molar-refractivity contribution in [3.05, 3.63) is 12.4 Å². The molecule has 0 aliphatic rings. The second kappa shape index (κ2) is 4.37. The van der Waals surface area contributed by atoms with E-state index in [0.717, 1.165) is 19.6 Å². The van der Waals surface area contributed by atoms with Crippen molar-refractivity contribution >= 4 is 0 Å². The van der Waals surface area contributed by atoms with Crippen LogP contribution in [0.1, 0.15) is 20.8 Å². The predicted octanol–water partition coefficient (Wildman–Crippen LogP) is 0.914. The van der Waals surface area contributed by atoms with Crippen LogP contribution >= 0.6 is 0 Å². The van der Waals surface area contributed by atoms with E-state index in [2.05, 4.69) is 36.4 Å². The normalized spacial score (nSPS) is 11.9. The van der Waals surface area contributed by atoms with Crippen LogP contribution in [-0.4, -0.2) is 28.1 Å². The van der Waals surface area contributed by atoms with Gasteiger partial charge in [0, 0.05) is 19.3 Å². The summed E-state index contributed by atoms with van der Waals surface area (Å²) in [5, 5.41) is 11.0. The summed E-state index contributed by atoms with van der Waals surface area (Å²) in [6, 6.07) is 0. The summed E-state index contributed by atoms with van der Waals surface area (Å²) in [7, 11) is 0. The van der Waals surface area contributed by atoms with Crippen LogP contribution in [-0.2, 0) is 6.54 Å². The highest BCUT2D eigenvalue weighted by atomic mass is 15.4. The van der Waals surface area contributed by atoms with Gasteiger partial charge in [-0.15, -0.1) is 5.10 Å². The Bertz CT molecular complexity index is 222.